The number of hydrogen-bond acceptors (Lipinski definition) is 2. The molecule has 0 unspecified atom stereocenters. The van der Waals surface area contributed by atoms with Crippen LogP contribution < -0.4 is 88.4 Å². The van der Waals surface area contributed by atoms with Gasteiger partial charge >= 0.3 is 0 Å². The molecule has 0 amide bonds. The lowest BCUT2D eigenvalue weighted by Crippen LogP contribution is -2.75. The van der Waals surface area contributed by atoms with Gasteiger partial charge in [0.05, 0.1) is 16.7 Å². The third-order valence-electron chi connectivity index (χ3n) is 23.4. The number of aromatic nitrogens is 1. The number of benzene rings is 17. The van der Waals surface area contributed by atoms with Crippen LogP contribution >= 0.6 is 0 Å². The number of rotatable bonds is 16. The largest absolute Gasteiger partial charge is 0.311 e. The highest BCUT2D eigenvalue weighted by atomic mass is 28.3. The van der Waals surface area contributed by atoms with E-state index in [4.69, 9.17) is 0 Å². The van der Waals surface area contributed by atoms with E-state index in [2.05, 4.69) is 463 Å². The summed E-state index contributed by atoms with van der Waals surface area (Å²) in [6.45, 7) is -0.239. The molecule has 0 spiro atoms. The Kier molecular flexibility index (Phi) is 16.4. The first-order valence-corrected chi connectivity index (χ1v) is 43.9. The van der Waals surface area contributed by atoms with Gasteiger partial charge in [-0.05, 0) is 139 Å². The molecule has 3 nitrogen and oxygen atoms in total. The molecule has 0 saturated carbocycles. The van der Waals surface area contributed by atoms with Crippen molar-refractivity contribution in [2.75, 3.05) is 9.80 Å². The van der Waals surface area contributed by atoms with E-state index in [1.807, 2.05) is 0 Å². The normalized spacial score (nSPS) is 12.5. The summed E-state index contributed by atoms with van der Waals surface area (Å²) >= 11 is 0. The molecule has 0 fully saturated rings. The highest BCUT2D eigenvalue weighted by Gasteiger charge is 2.49. The maximum Gasteiger partial charge on any atom is 0.252 e. The molecule has 0 aliphatic carbocycles. The van der Waals surface area contributed by atoms with Gasteiger partial charge in [0.25, 0.3) is 6.71 Å². The van der Waals surface area contributed by atoms with Crippen molar-refractivity contribution < 1.29 is 0 Å². The molecule has 0 saturated heterocycles. The fraction of sp³-hybridized carbons (Fsp3) is 0. The summed E-state index contributed by atoms with van der Waals surface area (Å²) < 4.78 is 2.55. The Balaban J connectivity index is 0.932. The van der Waals surface area contributed by atoms with Gasteiger partial charge in [-0.1, -0.05) is 394 Å². The Bertz CT molecular complexity index is 5990. The molecular formula is C102H74BN3Si3. The molecule has 0 N–H and O–H groups in total. The van der Waals surface area contributed by atoms with Gasteiger partial charge in [-0.15, -0.1) is 0 Å². The number of nitrogens with zero attached hydrogens (tertiary/aromatic N) is 3. The molecule has 18 aromatic rings. The number of anilines is 6. The second-order valence-electron chi connectivity index (χ2n) is 28.9. The molecule has 0 bridgehead atoms. The van der Waals surface area contributed by atoms with Crippen molar-refractivity contribution in [1.29, 1.82) is 0 Å². The lowest BCUT2D eigenvalue weighted by Gasteiger charge is -2.46. The molecule has 2 aliphatic heterocycles. The van der Waals surface area contributed by atoms with Crippen LogP contribution in [0.25, 0.3) is 38.6 Å². The Morgan fingerprint density at radius 2 is 0.532 bits per heavy atom. The monoisotopic (exact) mass is 1440 g/mol. The minimum absolute atomic E-state index is 0.239. The number of para-hydroxylation sites is 3. The molecule has 3 heterocycles. The third-order valence-corrected chi connectivity index (χ3v) is 37.7. The fourth-order valence-corrected chi connectivity index (χ4v) is 33.2. The van der Waals surface area contributed by atoms with Crippen LogP contribution in [0.3, 0.4) is 0 Å². The minimum atomic E-state index is -3.19. The van der Waals surface area contributed by atoms with Gasteiger partial charge in [0.1, 0.15) is 0 Å². The molecule has 7 heteroatoms. The molecule has 20 rings (SSSR count). The highest BCUT2D eigenvalue weighted by Crippen LogP contribution is 2.49. The van der Waals surface area contributed by atoms with Crippen molar-refractivity contribution in [1.82, 2.24) is 4.57 Å². The minimum Gasteiger partial charge on any atom is -0.311 e. The average molecular weight is 1440 g/mol. The van der Waals surface area contributed by atoms with Crippen LogP contribution in [-0.2, 0) is 0 Å². The first kappa shape index (κ1) is 65.4. The summed E-state index contributed by atoms with van der Waals surface area (Å²) in [5, 5.41) is 18.3. The van der Waals surface area contributed by atoms with Crippen LogP contribution in [0.15, 0.2) is 449 Å². The Morgan fingerprint density at radius 3 is 0.954 bits per heavy atom. The third kappa shape index (κ3) is 10.4. The van der Waals surface area contributed by atoms with E-state index >= 15 is 0 Å². The summed E-state index contributed by atoms with van der Waals surface area (Å²) in [6, 6.07) is 171. The Hall–Kier alpha value is -13.1. The summed E-state index contributed by atoms with van der Waals surface area (Å²) in [5.74, 6) is 0. The average Bonchev–Trinajstić information content (AvgIpc) is 1.17. The van der Waals surface area contributed by atoms with Crippen molar-refractivity contribution in [2.45, 2.75) is 0 Å². The van der Waals surface area contributed by atoms with Crippen LogP contribution in [-0.4, -0.2) is 35.5 Å². The maximum atomic E-state index is 2.71. The zero-order chi connectivity index (χ0) is 72.3. The molecule has 109 heavy (non-hydrogen) atoms. The molecule has 1 aromatic heterocycles. The van der Waals surface area contributed by atoms with Crippen LogP contribution in [0.5, 0.6) is 0 Å². The molecule has 17 aromatic carbocycles. The van der Waals surface area contributed by atoms with Gasteiger partial charge in [-0.2, -0.15) is 0 Å². The zero-order valence-electron chi connectivity index (χ0n) is 60.1. The predicted octanol–water partition coefficient (Wildman–Crippen LogP) is 14.7. The summed E-state index contributed by atoms with van der Waals surface area (Å²) in [4.78, 5) is 5.37. The standard InChI is InChI=1S/C102H74BN3Si3/c1-11-37-75(38-12-1)91-61-36-62-95-102(91)106(76-65-67-88(68-66-76)107(79-40-13-2-14-41-79,80-42-15-3-16-43-80)81-44-17-4-18-45-81)100-73-78(105-96-63-33-31-59-92(96)93-60-32-34-64-97(93)105)72-99-101(100)103(95)94-70-69-90(109(85-52-25-8-26-53-85,86-54-27-9-28-55-86)87-56-29-10-30-57-87)74-98(94)104(99)77-39-35-58-89(71-77)108(82-46-19-5-20-47-82,83-48-21-6-22-49-83)84-50-23-7-24-51-84/h1-74H. The van der Waals surface area contributed by atoms with Gasteiger partial charge in [-0.25, -0.2) is 0 Å². The summed E-state index contributed by atoms with van der Waals surface area (Å²) in [6.07, 6.45) is 0. The van der Waals surface area contributed by atoms with Crippen LogP contribution in [0, 0.1) is 0 Å². The van der Waals surface area contributed by atoms with Crippen LogP contribution in [0.2, 0.25) is 0 Å². The molecule has 2 aliphatic rings. The lowest BCUT2D eigenvalue weighted by atomic mass is 9.33. The second kappa shape index (κ2) is 27.3. The van der Waals surface area contributed by atoms with E-state index in [1.54, 1.807) is 0 Å². The number of hydrogen-bond donors (Lipinski definition) is 0. The quantitative estimate of drug-likeness (QED) is 0.0706. The fourth-order valence-electron chi connectivity index (χ4n) is 18.9. The van der Waals surface area contributed by atoms with Gasteiger partial charge in [-0.3, -0.25) is 0 Å². The zero-order valence-corrected chi connectivity index (χ0v) is 63.1. The van der Waals surface area contributed by atoms with E-state index in [0.717, 1.165) is 50.7 Å². The van der Waals surface area contributed by atoms with Gasteiger partial charge in [0.15, 0.2) is 24.2 Å². The Labute approximate surface area is 641 Å². The van der Waals surface area contributed by atoms with Gasteiger partial charge < -0.3 is 14.4 Å². The Morgan fingerprint density at radius 1 is 0.202 bits per heavy atom. The molecule has 512 valence electrons. The highest BCUT2D eigenvalue weighted by molar-refractivity contribution is 7.21. The summed E-state index contributed by atoms with van der Waals surface area (Å²) in [5.41, 5.74) is 16.2. The van der Waals surface area contributed by atoms with E-state index in [-0.39, 0.29) is 6.71 Å². The molecular weight excluding hydrogens is 1360 g/mol. The second-order valence-corrected chi connectivity index (χ2v) is 40.3. The first-order chi connectivity index (χ1) is 54.1. The predicted molar refractivity (Wildman–Crippen MR) is 471 cm³/mol. The van der Waals surface area contributed by atoms with Gasteiger partial charge in [0, 0.05) is 50.5 Å². The van der Waals surface area contributed by atoms with E-state index in [0.29, 0.717) is 0 Å². The topological polar surface area (TPSA) is 11.4 Å². The lowest BCUT2D eigenvalue weighted by molar-refractivity contribution is 1.16. The van der Waals surface area contributed by atoms with Crippen molar-refractivity contribution in [3.8, 4) is 16.8 Å². The van der Waals surface area contributed by atoms with Crippen LogP contribution in [0.1, 0.15) is 0 Å². The smallest absolute Gasteiger partial charge is 0.252 e. The van der Waals surface area contributed by atoms with Crippen molar-refractivity contribution in [3.05, 3.63) is 449 Å². The SMILES string of the molecule is c1ccc(-c2cccc3c2N(c2ccc([Si](c4ccccc4)(c4ccccc4)c4ccccc4)cc2)c2cc(-n4c5ccccc5c5ccccc54)cc4c2B3c2ccc([Si](c3ccccc3)(c3ccccc3)c3ccccc3)cc2N4c2cccc([Si](c3ccccc3)(c3ccccc3)c3ccccc3)c2)cc1. The van der Waals surface area contributed by atoms with E-state index < -0.39 is 24.2 Å². The van der Waals surface area contributed by atoms with Crippen molar-refractivity contribution in [2.24, 2.45) is 0 Å². The summed E-state index contributed by atoms with van der Waals surface area (Å²) in [7, 11) is -9.30. The van der Waals surface area contributed by atoms with E-state index in [1.165, 1.54) is 101 Å². The van der Waals surface area contributed by atoms with E-state index in [9.17, 15) is 0 Å². The van der Waals surface area contributed by atoms with Crippen molar-refractivity contribution in [3.63, 3.8) is 0 Å². The molecule has 0 radical (unpaired) electrons. The maximum absolute atomic E-state index is 3.19. The number of fused-ring (bicyclic) bond motifs is 7. The van der Waals surface area contributed by atoms with Gasteiger partial charge in [0.2, 0.25) is 0 Å². The first-order valence-electron chi connectivity index (χ1n) is 37.9. The van der Waals surface area contributed by atoms with Crippen LogP contribution in [0.4, 0.5) is 34.1 Å². The van der Waals surface area contributed by atoms with Crippen molar-refractivity contribution >= 4 is 165 Å². The molecule has 0 atom stereocenters.